The molecule has 1 aromatic carbocycles. The van der Waals surface area contributed by atoms with E-state index in [1.54, 1.807) is 26.4 Å². The van der Waals surface area contributed by atoms with Crippen molar-refractivity contribution in [2.75, 3.05) is 31.4 Å². The third kappa shape index (κ3) is 5.20. The van der Waals surface area contributed by atoms with Crippen molar-refractivity contribution in [2.24, 2.45) is 0 Å². The molecule has 1 atom stereocenters. The third-order valence-corrected chi connectivity index (χ3v) is 5.97. The normalized spacial score (nSPS) is 17.5. The van der Waals surface area contributed by atoms with Gasteiger partial charge in [0.25, 0.3) is 0 Å². The Morgan fingerprint density at radius 2 is 2.20 bits per heavy atom. The Labute approximate surface area is 204 Å². The molecule has 0 spiro atoms. The van der Waals surface area contributed by atoms with Gasteiger partial charge in [-0.2, -0.15) is 15.2 Å². The summed E-state index contributed by atoms with van der Waals surface area (Å²) in [5, 5.41) is 27.5. The van der Waals surface area contributed by atoms with Crippen LogP contribution in [0.2, 0.25) is 0 Å². The number of benzene rings is 1. The van der Waals surface area contributed by atoms with Gasteiger partial charge < -0.3 is 35.8 Å². The first-order valence-corrected chi connectivity index (χ1v) is 11.4. The monoisotopic (exact) mass is 474 g/mol. The van der Waals surface area contributed by atoms with Crippen LogP contribution in [0.3, 0.4) is 0 Å². The highest BCUT2D eigenvalue weighted by Gasteiger charge is 2.29. The SMILES string of the molecule is CN/C(=C\C=N)c1ccc(Nc2nc(NC3CCOC(C)(C)C3)c3c(C#N)c[nH]c3n2)c(OC)c1. The number of rotatable bonds is 8. The Hall–Kier alpha value is -4.10. The van der Waals surface area contributed by atoms with Crippen LogP contribution in [0.4, 0.5) is 17.5 Å². The molecule has 0 bridgehead atoms. The van der Waals surface area contributed by atoms with E-state index in [0.717, 1.165) is 24.1 Å². The molecule has 10 heteroatoms. The highest BCUT2D eigenvalue weighted by Crippen LogP contribution is 2.33. The standard InChI is InChI=1S/C25H30N8O2/c1-25(2)12-17(8-10-35-25)30-23-21-16(13-27)14-29-22(21)32-24(33-23)31-19-6-5-15(11-20(19)34-4)18(28-3)7-9-26/h5-7,9,11,14,17,26,28H,8,10,12H2,1-4H3,(H3,29,30,31,32,33)/b18-7-,26-9?. The van der Waals surface area contributed by atoms with E-state index in [9.17, 15) is 5.26 Å². The molecule has 0 radical (unpaired) electrons. The zero-order valence-electron chi connectivity index (χ0n) is 20.3. The average molecular weight is 475 g/mol. The maximum absolute atomic E-state index is 9.61. The number of ether oxygens (including phenoxy) is 2. The highest BCUT2D eigenvalue weighted by molar-refractivity contribution is 5.94. The van der Waals surface area contributed by atoms with Gasteiger partial charge in [0, 0.05) is 43.4 Å². The van der Waals surface area contributed by atoms with E-state index in [0.29, 0.717) is 46.4 Å². The molecular formula is C25H30N8O2. The number of nitrogens with zero attached hydrogens (tertiary/aromatic N) is 3. The van der Waals surface area contributed by atoms with E-state index in [1.807, 2.05) is 18.2 Å². The van der Waals surface area contributed by atoms with Gasteiger partial charge in [-0.1, -0.05) is 6.07 Å². The molecule has 1 fully saturated rings. The number of aromatic amines is 1. The molecular weight excluding hydrogens is 444 g/mol. The van der Waals surface area contributed by atoms with Crippen LogP contribution in [-0.4, -0.2) is 53.6 Å². The van der Waals surface area contributed by atoms with Gasteiger partial charge >= 0.3 is 0 Å². The van der Waals surface area contributed by atoms with Crippen LogP contribution in [0.5, 0.6) is 5.75 Å². The van der Waals surface area contributed by atoms with Crippen LogP contribution >= 0.6 is 0 Å². The Morgan fingerprint density at radius 3 is 2.89 bits per heavy atom. The molecule has 0 amide bonds. The molecule has 4 rings (SSSR count). The van der Waals surface area contributed by atoms with Gasteiger partial charge in [0.15, 0.2) is 0 Å². The Kier molecular flexibility index (Phi) is 6.89. The predicted octanol–water partition coefficient (Wildman–Crippen LogP) is 4.16. The van der Waals surface area contributed by atoms with Gasteiger partial charge in [-0.25, -0.2) is 0 Å². The molecule has 1 aliphatic heterocycles. The fraction of sp³-hybridized carbons (Fsp3) is 0.360. The minimum atomic E-state index is -0.229. The van der Waals surface area contributed by atoms with Crippen LogP contribution in [-0.2, 0) is 4.74 Å². The molecule has 182 valence electrons. The lowest BCUT2D eigenvalue weighted by Gasteiger charge is -2.36. The first-order chi connectivity index (χ1) is 16.9. The topological polar surface area (TPSA) is 144 Å². The van der Waals surface area contributed by atoms with Gasteiger partial charge in [0.2, 0.25) is 5.95 Å². The largest absolute Gasteiger partial charge is 0.495 e. The minimum Gasteiger partial charge on any atom is -0.495 e. The van der Waals surface area contributed by atoms with Crippen molar-refractivity contribution in [3.8, 4) is 11.8 Å². The van der Waals surface area contributed by atoms with E-state index >= 15 is 0 Å². The molecule has 2 aromatic heterocycles. The first-order valence-electron chi connectivity index (χ1n) is 11.4. The summed E-state index contributed by atoms with van der Waals surface area (Å²) in [6.07, 6.45) is 6.21. The Morgan fingerprint density at radius 1 is 1.37 bits per heavy atom. The number of fused-ring (bicyclic) bond motifs is 1. The van der Waals surface area contributed by atoms with Crippen molar-refractivity contribution < 1.29 is 9.47 Å². The molecule has 1 aliphatic rings. The molecule has 35 heavy (non-hydrogen) atoms. The van der Waals surface area contributed by atoms with Gasteiger partial charge in [-0.05, 0) is 44.9 Å². The average Bonchev–Trinajstić information content (AvgIpc) is 3.25. The van der Waals surface area contributed by atoms with Crippen molar-refractivity contribution in [3.05, 3.63) is 41.6 Å². The van der Waals surface area contributed by atoms with Crippen LogP contribution in [0.15, 0.2) is 30.5 Å². The summed E-state index contributed by atoms with van der Waals surface area (Å²) in [5.41, 5.74) is 3.18. The van der Waals surface area contributed by atoms with Crippen molar-refractivity contribution in [1.82, 2.24) is 20.3 Å². The summed E-state index contributed by atoms with van der Waals surface area (Å²) < 4.78 is 11.5. The van der Waals surface area contributed by atoms with E-state index in [4.69, 9.17) is 19.9 Å². The van der Waals surface area contributed by atoms with Crippen LogP contribution < -0.4 is 20.7 Å². The lowest BCUT2D eigenvalue weighted by atomic mass is 9.94. The van der Waals surface area contributed by atoms with Gasteiger partial charge in [-0.3, -0.25) is 0 Å². The molecule has 0 aliphatic carbocycles. The van der Waals surface area contributed by atoms with Crippen LogP contribution in [0, 0.1) is 16.7 Å². The smallest absolute Gasteiger partial charge is 0.231 e. The summed E-state index contributed by atoms with van der Waals surface area (Å²) in [6.45, 7) is 4.81. The van der Waals surface area contributed by atoms with Gasteiger partial charge in [0.05, 0.1) is 29.3 Å². The lowest BCUT2D eigenvalue weighted by molar-refractivity contribution is -0.0553. The highest BCUT2D eigenvalue weighted by atomic mass is 16.5. The zero-order chi connectivity index (χ0) is 25.0. The maximum Gasteiger partial charge on any atom is 0.231 e. The summed E-state index contributed by atoms with van der Waals surface area (Å²) in [4.78, 5) is 12.4. The van der Waals surface area contributed by atoms with Crippen molar-refractivity contribution in [1.29, 1.82) is 10.7 Å². The Bertz CT molecular complexity index is 1300. The minimum absolute atomic E-state index is 0.153. The molecule has 3 heterocycles. The molecule has 5 N–H and O–H groups in total. The number of hydrogen-bond acceptors (Lipinski definition) is 9. The summed E-state index contributed by atoms with van der Waals surface area (Å²) >= 11 is 0. The number of methoxy groups -OCH3 is 1. The van der Waals surface area contributed by atoms with Crippen LogP contribution in [0.1, 0.15) is 37.8 Å². The van der Waals surface area contributed by atoms with Gasteiger partial charge in [0.1, 0.15) is 23.3 Å². The summed E-state index contributed by atoms with van der Waals surface area (Å²) in [6, 6.07) is 8.04. The van der Waals surface area contributed by atoms with E-state index in [-0.39, 0.29) is 11.6 Å². The van der Waals surface area contributed by atoms with Crippen molar-refractivity contribution >= 4 is 40.4 Å². The Balaban J connectivity index is 1.69. The number of allylic oxidation sites excluding steroid dienone is 1. The van der Waals surface area contributed by atoms with Gasteiger partial charge in [-0.15, -0.1) is 0 Å². The molecule has 3 aromatic rings. The zero-order valence-corrected chi connectivity index (χ0v) is 20.3. The molecule has 1 saturated heterocycles. The number of hydrogen-bond donors (Lipinski definition) is 5. The number of aromatic nitrogens is 3. The van der Waals surface area contributed by atoms with Crippen molar-refractivity contribution in [3.63, 3.8) is 0 Å². The number of anilines is 3. The summed E-state index contributed by atoms with van der Waals surface area (Å²) in [7, 11) is 3.40. The van der Waals surface area contributed by atoms with E-state index in [1.165, 1.54) is 6.21 Å². The fourth-order valence-corrected chi connectivity index (χ4v) is 4.32. The third-order valence-electron chi connectivity index (χ3n) is 5.97. The summed E-state index contributed by atoms with van der Waals surface area (Å²) in [5.74, 6) is 1.56. The second-order valence-corrected chi connectivity index (χ2v) is 8.91. The van der Waals surface area contributed by atoms with E-state index in [2.05, 4.69) is 45.8 Å². The number of nitriles is 1. The quantitative estimate of drug-likeness (QED) is 0.306. The second kappa shape index (κ2) is 10.0. The van der Waals surface area contributed by atoms with Crippen molar-refractivity contribution in [2.45, 2.75) is 38.3 Å². The lowest BCUT2D eigenvalue weighted by Crippen LogP contribution is -2.40. The number of H-pyrrole nitrogens is 1. The second-order valence-electron chi connectivity index (χ2n) is 8.91. The number of nitrogens with one attached hydrogen (secondary N) is 5. The maximum atomic E-state index is 9.61. The molecule has 0 saturated carbocycles. The predicted molar refractivity (Wildman–Crippen MR) is 137 cm³/mol. The first kappa shape index (κ1) is 24.0. The molecule has 1 unspecified atom stereocenters. The van der Waals surface area contributed by atoms with Crippen LogP contribution in [0.25, 0.3) is 16.7 Å². The van der Waals surface area contributed by atoms with E-state index < -0.39 is 0 Å². The fourth-order valence-electron chi connectivity index (χ4n) is 4.32. The molecule has 10 nitrogen and oxygen atoms in total.